The molecule has 0 aliphatic carbocycles. The fourth-order valence-corrected chi connectivity index (χ4v) is 0.685. The zero-order valence-electron chi connectivity index (χ0n) is 7.39. The first kappa shape index (κ1) is 10.4. The topological polar surface area (TPSA) is 55.1 Å². The monoisotopic (exact) mass is 158 g/mol. The van der Waals surface area contributed by atoms with E-state index < -0.39 is 0 Å². The van der Waals surface area contributed by atoms with Crippen molar-refractivity contribution in [2.45, 2.75) is 26.7 Å². The van der Waals surface area contributed by atoms with Crippen LogP contribution in [0.1, 0.15) is 26.7 Å². The summed E-state index contributed by atoms with van der Waals surface area (Å²) in [4.78, 5) is 11.0. The number of rotatable bonds is 5. The summed E-state index contributed by atoms with van der Waals surface area (Å²) >= 11 is 0. The fraction of sp³-hybridized carbons (Fsp3) is 0.875. The number of carbonyl (C=O) groups is 1. The SMILES string of the molecule is CC(C)C(=O)NCCCCN. The summed E-state index contributed by atoms with van der Waals surface area (Å²) < 4.78 is 0. The summed E-state index contributed by atoms with van der Waals surface area (Å²) in [6, 6.07) is 0. The van der Waals surface area contributed by atoms with Crippen LogP contribution in [0.15, 0.2) is 0 Å². The van der Waals surface area contributed by atoms with Gasteiger partial charge in [0.25, 0.3) is 0 Å². The third-order valence-electron chi connectivity index (χ3n) is 1.45. The number of nitrogens with one attached hydrogen (secondary N) is 1. The van der Waals surface area contributed by atoms with Crippen molar-refractivity contribution in [3.63, 3.8) is 0 Å². The van der Waals surface area contributed by atoms with Gasteiger partial charge in [0.1, 0.15) is 0 Å². The van der Waals surface area contributed by atoms with Crippen molar-refractivity contribution in [2.75, 3.05) is 13.1 Å². The molecular weight excluding hydrogens is 140 g/mol. The van der Waals surface area contributed by atoms with Gasteiger partial charge in [-0.3, -0.25) is 4.79 Å². The second-order valence-electron chi connectivity index (χ2n) is 2.94. The molecule has 0 rings (SSSR count). The summed E-state index contributed by atoms with van der Waals surface area (Å²) in [5, 5.41) is 2.82. The van der Waals surface area contributed by atoms with Gasteiger partial charge in [-0.25, -0.2) is 0 Å². The van der Waals surface area contributed by atoms with Crippen molar-refractivity contribution in [1.82, 2.24) is 5.32 Å². The Morgan fingerprint density at radius 3 is 2.55 bits per heavy atom. The van der Waals surface area contributed by atoms with Gasteiger partial charge < -0.3 is 11.1 Å². The molecule has 0 radical (unpaired) electrons. The van der Waals surface area contributed by atoms with E-state index in [1.165, 1.54) is 0 Å². The van der Waals surface area contributed by atoms with Gasteiger partial charge >= 0.3 is 0 Å². The molecule has 0 saturated heterocycles. The Bertz CT molecular complexity index is 113. The van der Waals surface area contributed by atoms with Crippen LogP contribution in [0.5, 0.6) is 0 Å². The Kier molecular flexibility index (Phi) is 5.84. The van der Waals surface area contributed by atoms with E-state index in [1.54, 1.807) is 0 Å². The van der Waals surface area contributed by atoms with Crippen LogP contribution in [0.3, 0.4) is 0 Å². The summed E-state index contributed by atoms with van der Waals surface area (Å²) in [6.07, 6.45) is 1.97. The molecule has 0 aliphatic rings. The Morgan fingerprint density at radius 2 is 2.09 bits per heavy atom. The first-order chi connectivity index (χ1) is 5.18. The molecule has 3 nitrogen and oxygen atoms in total. The first-order valence-electron chi connectivity index (χ1n) is 4.16. The number of amides is 1. The van der Waals surface area contributed by atoms with E-state index in [9.17, 15) is 4.79 Å². The third-order valence-corrected chi connectivity index (χ3v) is 1.45. The predicted octanol–water partition coefficient (Wildman–Crippen LogP) is 0.497. The maximum Gasteiger partial charge on any atom is 0.222 e. The third kappa shape index (κ3) is 5.85. The minimum atomic E-state index is 0.0906. The van der Waals surface area contributed by atoms with E-state index in [0.717, 1.165) is 19.4 Å². The highest BCUT2D eigenvalue weighted by atomic mass is 16.1. The first-order valence-corrected chi connectivity index (χ1v) is 4.16. The van der Waals surface area contributed by atoms with Crippen LogP contribution < -0.4 is 11.1 Å². The highest BCUT2D eigenvalue weighted by Crippen LogP contribution is 1.91. The molecule has 3 N–H and O–H groups in total. The van der Waals surface area contributed by atoms with Gasteiger partial charge in [-0.05, 0) is 19.4 Å². The lowest BCUT2D eigenvalue weighted by Gasteiger charge is -2.06. The smallest absolute Gasteiger partial charge is 0.222 e. The Balaban J connectivity index is 3.18. The highest BCUT2D eigenvalue weighted by Gasteiger charge is 2.03. The van der Waals surface area contributed by atoms with Crippen molar-refractivity contribution in [3.05, 3.63) is 0 Å². The number of unbranched alkanes of at least 4 members (excludes halogenated alkanes) is 1. The number of nitrogens with two attached hydrogens (primary N) is 1. The molecule has 3 heteroatoms. The van der Waals surface area contributed by atoms with Crippen molar-refractivity contribution in [1.29, 1.82) is 0 Å². The minimum absolute atomic E-state index is 0.0906. The molecule has 66 valence electrons. The summed E-state index contributed by atoms with van der Waals surface area (Å²) in [6.45, 7) is 5.24. The van der Waals surface area contributed by atoms with Crippen molar-refractivity contribution >= 4 is 5.91 Å². The zero-order valence-corrected chi connectivity index (χ0v) is 7.39. The maximum absolute atomic E-state index is 11.0. The quantitative estimate of drug-likeness (QED) is 0.572. The standard InChI is InChI=1S/C8H18N2O/c1-7(2)8(11)10-6-4-3-5-9/h7H,3-6,9H2,1-2H3,(H,10,11). The van der Waals surface area contributed by atoms with E-state index in [-0.39, 0.29) is 11.8 Å². The molecule has 0 heterocycles. The lowest BCUT2D eigenvalue weighted by molar-refractivity contribution is -0.123. The number of hydrogen-bond donors (Lipinski definition) is 2. The Hall–Kier alpha value is -0.570. The molecule has 0 aromatic carbocycles. The number of carbonyl (C=O) groups excluding carboxylic acids is 1. The molecule has 0 atom stereocenters. The highest BCUT2D eigenvalue weighted by molar-refractivity contribution is 5.77. The largest absolute Gasteiger partial charge is 0.356 e. The van der Waals surface area contributed by atoms with Gasteiger partial charge in [0.15, 0.2) is 0 Å². The predicted molar refractivity (Wildman–Crippen MR) is 46.1 cm³/mol. The average molecular weight is 158 g/mol. The van der Waals surface area contributed by atoms with Gasteiger partial charge in [-0.1, -0.05) is 13.8 Å². The second kappa shape index (κ2) is 6.16. The van der Waals surface area contributed by atoms with Crippen molar-refractivity contribution < 1.29 is 4.79 Å². The maximum atomic E-state index is 11.0. The van der Waals surface area contributed by atoms with E-state index in [0.29, 0.717) is 6.54 Å². The van der Waals surface area contributed by atoms with Crippen molar-refractivity contribution in [3.8, 4) is 0 Å². The van der Waals surface area contributed by atoms with E-state index in [2.05, 4.69) is 5.32 Å². The van der Waals surface area contributed by atoms with Gasteiger partial charge in [0, 0.05) is 12.5 Å². The lowest BCUT2D eigenvalue weighted by Crippen LogP contribution is -2.28. The van der Waals surface area contributed by atoms with Gasteiger partial charge in [-0.2, -0.15) is 0 Å². The molecule has 0 aromatic rings. The van der Waals surface area contributed by atoms with Crippen LogP contribution in [0.25, 0.3) is 0 Å². The van der Waals surface area contributed by atoms with Crippen molar-refractivity contribution in [2.24, 2.45) is 11.7 Å². The van der Waals surface area contributed by atoms with Crippen LogP contribution >= 0.6 is 0 Å². The molecule has 0 unspecified atom stereocenters. The Labute approximate surface area is 68.3 Å². The Morgan fingerprint density at radius 1 is 1.45 bits per heavy atom. The number of hydrogen-bond acceptors (Lipinski definition) is 2. The molecule has 0 spiro atoms. The summed E-state index contributed by atoms with van der Waals surface area (Å²) in [5.41, 5.74) is 5.29. The summed E-state index contributed by atoms with van der Waals surface area (Å²) in [7, 11) is 0. The van der Waals surface area contributed by atoms with E-state index >= 15 is 0 Å². The van der Waals surface area contributed by atoms with E-state index in [4.69, 9.17) is 5.73 Å². The van der Waals surface area contributed by atoms with E-state index in [1.807, 2.05) is 13.8 Å². The molecule has 0 aromatic heterocycles. The molecule has 0 saturated carbocycles. The molecule has 11 heavy (non-hydrogen) atoms. The molecule has 1 amide bonds. The average Bonchev–Trinajstić information content (AvgIpc) is 1.97. The molecule has 0 bridgehead atoms. The second-order valence-corrected chi connectivity index (χ2v) is 2.94. The zero-order chi connectivity index (χ0) is 8.69. The lowest BCUT2D eigenvalue weighted by atomic mass is 10.2. The van der Waals surface area contributed by atoms with Crippen LogP contribution in [-0.2, 0) is 4.79 Å². The van der Waals surface area contributed by atoms with Crippen LogP contribution in [0.2, 0.25) is 0 Å². The molecular formula is C8H18N2O. The van der Waals surface area contributed by atoms with Gasteiger partial charge in [-0.15, -0.1) is 0 Å². The minimum Gasteiger partial charge on any atom is -0.356 e. The van der Waals surface area contributed by atoms with Crippen LogP contribution in [0.4, 0.5) is 0 Å². The van der Waals surface area contributed by atoms with Crippen LogP contribution in [-0.4, -0.2) is 19.0 Å². The normalized spacial score (nSPS) is 10.2. The van der Waals surface area contributed by atoms with Gasteiger partial charge in [0.05, 0.1) is 0 Å². The van der Waals surface area contributed by atoms with Crippen LogP contribution in [0, 0.1) is 5.92 Å². The summed E-state index contributed by atoms with van der Waals surface area (Å²) in [5.74, 6) is 0.217. The molecule has 0 aliphatic heterocycles. The molecule has 0 fully saturated rings. The van der Waals surface area contributed by atoms with Gasteiger partial charge in [0.2, 0.25) is 5.91 Å². The fourth-order valence-electron chi connectivity index (χ4n) is 0.685.